The van der Waals surface area contributed by atoms with Crippen LogP contribution in [0.25, 0.3) is 0 Å². The molecule has 2 rings (SSSR count). The van der Waals surface area contributed by atoms with Gasteiger partial charge in [-0.2, -0.15) is 0 Å². The molecule has 1 fully saturated rings. The highest BCUT2D eigenvalue weighted by Gasteiger charge is 2.15. The molecular weight excluding hydrogens is 212 g/mol. The van der Waals surface area contributed by atoms with E-state index in [-0.39, 0.29) is 0 Å². The highest BCUT2D eigenvalue weighted by Crippen LogP contribution is 2.16. The predicted octanol–water partition coefficient (Wildman–Crippen LogP) is 2.19. The van der Waals surface area contributed by atoms with Crippen LogP contribution in [-0.4, -0.2) is 30.7 Å². The van der Waals surface area contributed by atoms with Gasteiger partial charge >= 0.3 is 0 Å². The van der Waals surface area contributed by atoms with Crippen LogP contribution in [0.3, 0.4) is 0 Å². The summed E-state index contributed by atoms with van der Waals surface area (Å²) in [5.74, 6) is 0. The minimum Gasteiger partial charge on any atom is -0.399 e. The molecule has 0 aliphatic carbocycles. The quantitative estimate of drug-likeness (QED) is 0.797. The van der Waals surface area contributed by atoms with Gasteiger partial charge in [0, 0.05) is 31.9 Å². The van der Waals surface area contributed by atoms with Gasteiger partial charge in [-0.15, -0.1) is 0 Å². The minimum atomic E-state index is 0.340. The smallest absolute Gasteiger partial charge is 0.0674 e. The molecule has 0 saturated carbocycles. The molecule has 1 aromatic carbocycles. The van der Waals surface area contributed by atoms with E-state index in [4.69, 9.17) is 10.5 Å². The summed E-state index contributed by atoms with van der Waals surface area (Å²) in [6.45, 7) is 8.23. The van der Waals surface area contributed by atoms with Crippen molar-refractivity contribution < 1.29 is 4.74 Å². The third-order valence-corrected chi connectivity index (χ3v) is 3.28. The van der Waals surface area contributed by atoms with Crippen LogP contribution in [0.4, 0.5) is 5.69 Å². The van der Waals surface area contributed by atoms with Gasteiger partial charge in [-0.25, -0.2) is 0 Å². The minimum absolute atomic E-state index is 0.340. The van der Waals surface area contributed by atoms with E-state index in [0.29, 0.717) is 6.10 Å². The maximum Gasteiger partial charge on any atom is 0.0674 e. The second kappa shape index (κ2) is 5.52. The van der Waals surface area contributed by atoms with Crippen molar-refractivity contribution in [2.75, 3.05) is 25.4 Å². The third-order valence-electron chi connectivity index (χ3n) is 3.28. The first-order valence-electron chi connectivity index (χ1n) is 6.34. The molecule has 17 heavy (non-hydrogen) atoms. The summed E-state index contributed by atoms with van der Waals surface area (Å²) >= 11 is 0. The molecule has 1 aliphatic heterocycles. The Balaban J connectivity index is 2.01. The zero-order chi connectivity index (χ0) is 12.3. The highest BCUT2D eigenvalue weighted by atomic mass is 16.5. The van der Waals surface area contributed by atoms with E-state index in [1.165, 1.54) is 11.1 Å². The second-order valence-corrected chi connectivity index (χ2v) is 4.96. The van der Waals surface area contributed by atoms with E-state index in [2.05, 4.69) is 30.9 Å². The number of aryl methyl sites for hydroxylation is 1. The molecule has 2 N–H and O–H groups in total. The number of hydrogen-bond donors (Lipinski definition) is 1. The van der Waals surface area contributed by atoms with Crippen LogP contribution in [0, 0.1) is 6.92 Å². The maximum atomic E-state index is 5.84. The number of nitrogens with two attached hydrogens (primary N) is 1. The van der Waals surface area contributed by atoms with Crippen molar-refractivity contribution in [3.8, 4) is 0 Å². The normalized spacial score (nSPS) is 22.4. The van der Waals surface area contributed by atoms with Gasteiger partial charge in [-0.1, -0.05) is 12.1 Å². The molecule has 0 amide bonds. The fourth-order valence-corrected chi connectivity index (χ4v) is 2.32. The van der Waals surface area contributed by atoms with Gasteiger partial charge in [0.25, 0.3) is 0 Å². The molecule has 0 aromatic heterocycles. The van der Waals surface area contributed by atoms with Gasteiger partial charge in [0.05, 0.1) is 6.10 Å². The molecule has 1 saturated heterocycles. The number of nitrogens with zero attached hydrogens (tertiary/aromatic N) is 1. The fraction of sp³-hybridized carbons (Fsp3) is 0.571. The molecule has 0 bridgehead atoms. The zero-order valence-corrected chi connectivity index (χ0v) is 10.8. The van der Waals surface area contributed by atoms with E-state index in [0.717, 1.165) is 38.3 Å². The number of benzene rings is 1. The number of rotatable bonds is 2. The van der Waals surface area contributed by atoms with Crippen molar-refractivity contribution in [2.45, 2.75) is 32.9 Å². The van der Waals surface area contributed by atoms with Crippen molar-refractivity contribution in [2.24, 2.45) is 0 Å². The molecule has 0 radical (unpaired) electrons. The molecule has 1 unspecified atom stereocenters. The molecule has 3 heteroatoms. The molecular formula is C14H22N2O. The average Bonchev–Trinajstić information content (AvgIpc) is 2.48. The molecule has 1 atom stereocenters. The van der Waals surface area contributed by atoms with Crippen LogP contribution in [0.1, 0.15) is 24.5 Å². The van der Waals surface area contributed by atoms with Crippen LogP contribution in [-0.2, 0) is 11.3 Å². The maximum absolute atomic E-state index is 5.84. The summed E-state index contributed by atoms with van der Waals surface area (Å²) in [5, 5.41) is 0. The van der Waals surface area contributed by atoms with Gasteiger partial charge in [-0.05, 0) is 37.5 Å². The third kappa shape index (κ3) is 3.45. The van der Waals surface area contributed by atoms with Crippen LogP contribution in [0.5, 0.6) is 0 Å². The summed E-state index contributed by atoms with van der Waals surface area (Å²) in [7, 11) is 0. The van der Waals surface area contributed by atoms with Crippen molar-refractivity contribution in [1.29, 1.82) is 0 Å². The summed E-state index contributed by atoms with van der Waals surface area (Å²) in [6.07, 6.45) is 1.46. The van der Waals surface area contributed by atoms with E-state index in [1.54, 1.807) is 0 Å². The Hall–Kier alpha value is -1.06. The van der Waals surface area contributed by atoms with Gasteiger partial charge in [0.2, 0.25) is 0 Å². The van der Waals surface area contributed by atoms with Crippen molar-refractivity contribution in [3.63, 3.8) is 0 Å². The van der Waals surface area contributed by atoms with E-state index in [1.807, 2.05) is 6.07 Å². The Kier molecular flexibility index (Phi) is 4.02. The number of hydrogen-bond acceptors (Lipinski definition) is 3. The largest absolute Gasteiger partial charge is 0.399 e. The van der Waals surface area contributed by atoms with E-state index >= 15 is 0 Å². The van der Waals surface area contributed by atoms with Crippen LogP contribution in [0.2, 0.25) is 0 Å². The van der Waals surface area contributed by atoms with E-state index < -0.39 is 0 Å². The first-order valence-corrected chi connectivity index (χ1v) is 6.34. The molecule has 94 valence electrons. The lowest BCUT2D eigenvalue weighted by molar-refractivity contribution is 0.0668. The SMILES string of the molecule is Cc1cc(CN2CCCOC(C)C2)ccc1N. The monoisotopic (exact) mass is 234 g/mol. The first kappa shape index (κ1) is 12.4. The lowest BCUT2D eigenvalue weighted by Gasteiger charge is -2.22. The van der Waals surface area contributed by atoms with Gasteiger partial charge in [-0.3, -0.25) is 4.90 Å². The Morgan fingerprint density at radius 1 is 1.47 bits per heavy atom. The highest BCUT2D eigenvalue weighted by molar-refractivity contribution is 5.47. The van der Waals surface area contributed by atoms with Crippen LogP contribution < -0.4 is 5.73 Å². The van der Waals surface area contributed by atoms with Gasteiger partial charge in [0.1, 0.15) is 0 Å². The van der Waals surface area contributed by atoms with Gasteiger partial charge < -0.3 is 10.5 Å². The Morgan fingerprint density at radius 3 is 3.06 bits per heavy atom. The predicted molar refractivity (Wildman–Crippen MR) is 70.9 cm³/mol. The first-order chi connectivity index (χ1) is 8.15. The lowest BCUT2D eigenvalue weighted by atomic mass is 10.1. The summed E-state index contributed by atoms with van der Waals surface area (Å²) < 4.78 is 5.65. The van der Waals surface area contributed by atoms with Crippen molar-refractivity contribution in [1.82, 2.24) is 4.90 Å². The number of nitrogen functional groups attached to an aromatic ring is 1. The zero-order valence-electron chi connectivity index (χ0n) is 10.8. The number of anilines is 1. The fourth-order valence-electron chi connectivity index (χ4n) is 2.32. The topological polar surface area (TPSA) is 38.5 Å². The standard InChI is InChI=1S/C14H22N2O/c1-11-8-13(4-5-14(11)15)10-16-6-3-7-17-12(2)9-16/h4-5,8,12H,3,6-7,9-10,15H2,1-2H3. The van der Waals surface area contributed by atoms with Crippen molar-refractivity contribution >= 4 is 5.69 Å². The van der Waals surface area contributed by atoms with Crippen LogP contribution >= 0.6 is 0 Å². The average molecular weight is 234 g/mol. The lowest BCUT2D eigenvalue weighted by Crippen LogP contribution is -2.29. The molecule has 1 aromatic rings. The Bertz CT molecular complexity index is 378. The molecule has 1 aliphatic rings. The number of ether oxygens (including phenoxy) is 1. The van der Waals surface area contributed by atoms with Crippen molar-refractivity contribution in [3.05, 3.63) is 29.3 Å². The second-order valence-electron chi connectivity index (χ2n) is 4.96. The van der Waals surface area contributed by atoms with Crippen LogP contribution in [0.15, 0.2) is 18.2 Å². The molecule has 3 nitrogen and oxygen atoms in total. The molecule has 1 heterocycles. The Labute approximate surface area is 104 Å². The van der Waals surface area contributed by atoms with E-state index in [9.17, 15) is 0 Å². The molecule has 0 spiro atoms. The Morgan fingerprint density at radius 2 is 2.29 bits per heavy atom. The van der Waals surface area contributed by atoms with Gasteiger partial charge in [0.15, 0.2) is 0 Å². The summed E-state index contributed by atoms with van der Waals surface area (Å²) in [4.78, 5) is 2.46. The summed E-state index contributed by atoms with van der Waals surface area (Å²) in [6, 6.07) is 6.31. The summed E-state index contributed by atoms with van der Waals surface area (Å²) in [5.41, 5.74) is 9.22.